The van der Waals surface area contributed by atoms with Gasteiger partial charge in [0, 0.05) is 0 Å². The number of benzene rings is 1. The second kappa shape index (κ2) is 6.72. The molecule has 0 fully saturated rings. The highest BCUT2D eigenvalue weighted by Gasteiger charge is 2.11. The molecule has 0 spiro atoms. The van der Waals surface area contributed by atoms with Crippen molar-refractivity contribution >= 4 is 0 Å². The SMILES string of the molecule is CCCCCCCC1=CCc2ccc(F)cc2C1. The Bertz CT molecular complexity index is 418. The van der Waals surface area contributed by atoms with Crippen LogP contribution in [0.15, 0.2) is 29.8 Å². The van der Waals surface area contributed by atoms with Crippen molar-refractivity contribution in [1.82, 2.24) is 0 Å². The molecule has 0 aliphatic heterocycles. The molecule has 1 aromatic carbocycles. The maximum absolute atomic E-state index is 13.2. The lowest BCUT2D eigenvalue weighted by Crippen LogP contribution is -2.03. The van der Waals surface area contributed by atoms with E-state index in [1.54, 1.807) is 12.1 Å². The van der Waals surface area contributed by atoms with E-state index in [0.717, 1.165) is 12.8 Å². The molecule has 1 aromatic rings. The largest absolute Gasteiger partial charge is 0.207 e. The van der Waals surface area contributed by atoms with Crippen LogP contribution in [0.25, 0.3) is 0 Å². The zero-order chi connectivity index (χ0) is 12.8. The third kappa shape index (κ3) is 3.69. The first-order chi connectivity index (χ1) is 8.79. The van der Waals surface area contributed by atoms with E-state index in [4.69, 9.17) is 0 Å². The zero-order valence-corrected chi connectivity index (χ0v) is 11.3. The summed E-state index contributed by atoms with van der Waals surface area (Å²) in [5.74, 6) is -0.0991. The fraction of sp³-hybridized carbons (Fsp3) is 0.529. The molecule has 0 atom stereocenters. The molecule has 1 heteroatoms. The summed E-state index contributed by atoms with van der Waals surface area (Å²) in [6.45, 7) is 2.25. The first-order valence-corrected chi connectivity index (χ1v) is 7.25. The third-order valence-electron chi connectivity index (χ3n) is 3.80. The Morgan fingerprint density at radius 3 is 2.72 bits per heavy atom. The molecule has 0 heterocycles. The Hall–Kier alpha value is -1.11. The minimum Gasteiger partial charge on any atom is -0.207 e. The maximum atomic E-state index is 13.2. The van der Waals surface area contributed by atoms with Gasteiger partial charge in [0.05, 0.1) is 0 Å². The summed E-state index contributed by atoms with van der Waals surface area (Å²) in [5.41, 5.74) is 4.00. The minimum absolute atomic E-state index is 0.0991. The van der Waals surface area contributed by atoms with Crippen molar-refractivity contribution in [2.75, 3.05) is 0 Å². The molecule has 0 saturated heterocycles. The van der Waals surface area contributed by atoms with Gasteiger partial charge < -0.3 is 0 Å². The number of hydrogen-bond acceptors (Lipinski definition) is 0. The Kier molecular flexibility index (Phi) is 4.98. The van der Waals surface area contributed by atoms with Gasteiger partial charge >= 0.3 is 0 Å². The highest BCUT2D eigenvalue weighted by atomic mass is 19.1. The predicted octanol–water partition coefficient (Wildman–Crippen LogP) is 5.21. The van der Waals surface area contributed by atoms with Crippen LogP contribution in [-0.2, 0) is 12.8 Å². The monoisotopic (exact) mass is 246 g/mol. The number of unbranched alkanes of at least 4 members (excludes halogenated alkanes) is 4. The van der Waals surface area contributed by atoms with Crippen molar-refractivity contribution in [2.24, 2.45) is 0 Å². The summed E-state index contributed by atoms with van der Waals surface area (Å²) in [7, 11) is 0. The van der Waals surface area contributed by atoms with E-state index < -0.39 is 0 Å². The van der Waals surface area contributed by atoms with Crippen molar-refractivity contribution in [3.8, 4) is 0 Å². The molecular formula is C17H23F. The first-order valence-electron chi connectivity index (χ1n) is 7.25. The van der Waals surface area contributed by atoms with E-state index in [1.165, 1.54) is 55.2 Å². The van der Waals surface area contributed by atoms with Gasteiger partial charge in [-0.05, 0) is 48.9 Å². The molecule has 18 heavy (non-hydrogen) atoms. The molecule has 0 bridgehead atoms. The first kappa shape index (κ1) is 13.3. The summed E-state index contributed by atoms with van der Waals surface area (Å²) < 4.78 is 13.2. The van der Waals surface area contributed by atoms with Gasteiger partial charge in [-0.1, -0.05) is 50.3 Å². The molecule has 0 N–H and O–H groups in total. The minimum atomic E-state index is -0.0991. The quantitative estimate of drug-likeness (QED) is 0.477. The lowest BCUT2D eigenvalue weighted by molar-refractivity contribution is 0.618. The van der Waals surface area contributed by atoms with E-state index in [1.807, 2.05) is 6.07 Å². The van der Waals surface area contributed by atoms with Crippen LogP contribution in [0.3, 0.4) is 0 Å². The van der Waals surface area contributed by atoms with Crippen LogP contribution in [-0.4, -0.2) is 0 Å². The molecule has 1 aliphatic rings. The summed E-state index contributed by atoms with van der Waals surface area (Å²) in [6.07, 6.45) is 12.1. The summed E-state index contributed by atoms with van der Waals surface area (Å²) in [5, 5.41) is 0. The van der Waals surface area contributed by atoms with Gasteiger partial charge in [0.15, 0.2) is 0 Å². The molecule has 0 nitrogen and oxygen atoms in total. The van der Waals surface area contributed by atoms with E-state index in [2.05, 4.69) is 13.0 Å². The molecule has 0 saturated carbocycles. The number of rotatable bonds is 6. The Morgan fingerprint density at radius 1 is 1.06 bits per heavy atom. The van der Waals surface area contributed by atoms with Gasteiger partial charge in [0.2, 0.25) is 0 Å². The van der Waals surface area contributed by atoms with Crippen LogP contribution in [0.1, 0.15) is 56.6 Å². The Balaban J connectivity index is 1.81. The Morgan fingerprint density at radius 2 is 1.89 bits per heavy atom. The second-order valence-corrected chi connectivity index (χ2v) is 5.32. The average molecular weight is 246 g/mol. The molecule has 0 amide bonds. The summed E-state index contributed by atoms with van der Waals surface area (Å²) >= 11 is 0. The predicted molar refractivity (Wildman–Crippen MR) is 75.3 cm³/mol. The van der Waals surface area contributed by atoms with Crippen molar-refractivity contribution in [1.29, 1.82) is 0 Å². The molecule has 98 valence electrons. The van der Waals surface area contributed by atoms with E-state index in [-0.39, 0.29) is 5.82 Å². The zero-order valence-electron chi connectivity index (χ0n) is 11.3. The van der Waals surface area contributed by atoms with Gasteiger partial charge in [-0.3, -0.25) is 0 Å². The Labute approximate surface area is 110 Å². The van der Waals surface area contributed by atoms with E-state index >= 15 is 0 Å². The summed E-state index contributed by atoms with van der Waals surface area (Å²) in [4.78, 5) is 0. The van der Waals surface area contributed by atoms with Crippen molar-refractivity contribution < 1.29 is 4.39 Å². The standard InChI is InChI=1S/C17H23F/c1-2-3-4-5-6-7-14-8-9-15-10-11-17(18)13-16(15)12-14/h8,10-11,13H,2-7,9,12H2,1H3. The maximum Gasteiger partial charge on any atom is 0.123 e. The summed E-state index contributed by atoms with van der Waals surface area (Å²) in [6, 6.07) is 5.21. The van der Waals surface area contributed by atoms with Gasteiger partial charge in [-0.25, -0.2) is 4.39 Å². The van der Waals surface area contributed by atoms with Gasteiger partial charge in [0.25, 0.3) is 0 Å². The molecule has 0 aromatic heterocycles. The van der Waals surface area contributed by atoms with Crippen molar-refractivity contribution in [2.45, 2.75) is 58.3 Å². The third-order valence-corrected chi connectivity index (χ3v) is 3.80. The fourth-order valence-corrected chi connectivity index (χ4v) is 2.68. The van der Waals surface area contributed by atoms with E-state index in [0.29, 0.717) is 0 Å². The van der Waals surface area contributed by atoms with Gasteiger partial charge in [-0.15, -0.1) is 0 Å². The number of halogens is 1. The lowest BCUT2D eigenvalue weighted by Gasteiger charge is -2.17. The highest BCUT2D eigenvalue weighted by Crippen LogP contribution is 2.25. The molecule has 0 radical (unpaired) electrons. The topological polar surface area (TPSA) is 0 Å². The van der Waals surface area contributed by atoms with E-state index in [9.17, 15) is 4.39 Å². The smallest absolute Gasteiger partial charge is 0.123 e. The van der Waals surface area contributed by atoms with Crippen LogP contribution < -0.4 is 0 Å². The van der Waals surface area contributed by atoms with Gasteiger partial charge in [0.1, 0.15) is 5.82 Å². The number of allylic oxidation sites excluding steroid dienone is 2. The molecule has 1 aliphatic carbocycles. The van der Waals surface area contributed by atoms with Crippen molar-refractivity contribution in [3.63, 3.8) is 0 Å². The number of hydrogen-bond donors (Lipinski definition) is 0. The second-order valence-electron chi connectivity index (χ2n) is 5.32. The molecule has 2 rings (SSSR count). The van der Waals surface area contributed by atoms with Crippen LogP contribution in [0, 0.1) is 5.82 Å². The van der Waals surface area contributed by atoms with Crippen LogP contribution in [0.5, 0.6) is 0 Å². The van der Waals surface area contributed by atoms with Gasteiger partial charge in [-0.2, -0.15) is 0 Å². The number of fused-ring (bicyclic) bond motifs is 1. The molecule has 0 unspecified atom stereocenters. The van der Waals surface area contributed by atoms with Crippen LogP contribution in [0.2, 0.25) is 0 Å². The lowest BCUT2D eigenvalue weighted by atomic mass is 9.89. The molecular weight excluding hydrogens is 223 g/mol. The van der Waals surface area contributed by atoms with Crippen molar-refractivity contribution in [3.05, 3.63) is 46.8 Å². The van der Waals surface area contributed by atoms with Crippen LogP contribution in [0.4, 0.5) is 4.39 Å². The van der Waals surface area contributed by atoms with Crippen LogP contribution >= 0.6 is 0 Å². The fourth-order valence-electron chi connectivity index (χ4n) is 2.68. The normalized spacial score (nSPS) is 14.2. The average Bonchev–Trinajstić information content (AvgIpc) is 2.38. The highest BCUT2D eigenvalue weighted by molar-refractivity contribution is 5.37.